The Bertz CT molecular complexity index is 239. The van der Waals surface area contributed by atoms with Crippen molar-refractivity contribution in [2.45, 2.75) is 32.4 Å². The molecule has 1 rings (SSSR count). The fourth-order valence-corrected chi connectivity index (χ4v) is 1.16. The van der Waals surface area contributed by atoms with Crippen LogP contribution in [0.15, 0.2) is 22.8 Å². The molecule has 1 aromatic rings. The van der Waals surface area contributed by atoms with Crippen LogP contribution in [-0.2, 0) is 5.72 Å². The fourth-order valence-electron chi connectivity index (χ4n) is 1.16. The number of hydrogen-bond donors (Lipinski definition) is 2. The van der Waals surface area contributed by atoms with Crippen LogP contribution in [0, 0.1) is 5.92 Å². The first-order chi connectivity index (χ1) is 6.02. The number of hydrogen-bond acceptors (Lipinski definition) is 3. The third-order valence-corrected chi connectivity index (χ3v) is 2.05. The monoisotopic (exact) mass is 183 g/mol. The van der Waals surface area contributed by atoms with Gasteiger partial charge in [-0.3, -0.25) is 5.73 Å². The summed E-state index contributed by atoms with van der Waals surface area (Å²) < 4.78 is 5.06. The van der Waals surface area contributed by atoms with Crippen molar-refractivity contribution in [1.29, 1.82) is 0 Å². The van der Waals surface area contributed by atoms with Crippen molar-refractivity contribution in [3.8, 4) is 0 Å². The normalized spacial score (nSPS) is 16.1. The van der Waals surface area contributed by atoms with E-state index in [1.807, 2.05) is 0 Å². The molecule has 0 radical (unpaired) electrons. The first-order valence-electron chi connectivity index (χ1n) is 4.57. The summed E-state index contributed by atoms with van der Waals surface area (Å²) in [5.74, 6) is 0.971. The summed E-state index contributed by atoms with van der Waals surface area (Å²) in [6, 6.07) is 3.42. The molecule has 0 fully saturated rings. The summed E-state index contributed by atoms with van der Waals surface area (Å²) in [5.41, 5.74) is 4.38. The summed E-state index contributed by atoms with van der Waals surface area (Å²) >= 11 is 0. The third kappa shape index (κ3) is 2.86. The predicted molar refractivity (Wildman–Crippen MR) is 50.9 cm³/mol. The molecule has 1 atom stereocenters. The van der Waals surface area contributed by atoms with E-state index < -0.39 is 5.72 Å². The minimum atomic E-state index is -1.31. The molecule has 0 saturated heterocycles. The maximum Gasteiger partial charge on any atom is 0.172 e. The van der Waals surface area contributed by atoms with Gasteiger partial charge in [0, 0.05) is 0 Å². The number of aliphatic hydroxyl groups is 1. The Morgan fingerprint density at radius 2 is 2.31 bits per heavy atom. The highest BCUT2D eigenvalue weighted by Crippen LogP contribution is 2.22. The molecule has 13 heavy (non-hydrogen) atoms. The van der Waals surface area contributed by atoms with E-state index in [-0.39, 0.29) is 0 Å². The van der Waals surface area contributed by atoms with Gasteiger partial charge in [0.25, 0.3) is 0 Å². The molecule has 0 aromatic carbocycles. The van der Waals surface area contributed by atoms with Crippen molar-refractivity contribution >= 4 is 0 Å². The quantitative estimate of drug-likeness (QED) is 0.700. The molecule has 74 valence electrons. The molecule has 1 heterocycles. The van der Waals surface area contributed by atoms with E-state index in [1.54, 1.807) is 12.1 Å². The third-order valence-electron chi connectivity index (χ3n) is 2.05. The van der Waals surface area contributed by atoms with E-state index in [0.717, 1.165) is 6.42 Å². The first-order valence-corrected chi connectivity index (χ1v) is 4.57. The highest BCUT2D eigenvalue weighted by molar-refractivity contribution is 5.06. The van der Waals surface area contributed by atoms with E-state index in [4.69, 9.17) is 10.2 Å². The van der Waals surface area contributed by atoms with Crippen molar-refractivity contribution in [2.24, 2.45) is 11.7 Å². The molecule has 0 bridgehead atoms. The minimum Gasteiger partial charge on any atom is -0.465 e. The largest absolute Gasteiger partial charge is 0.465 e. The second kappa shape index (κ2) is 3.94. The van der Waals surface area contributed by atoms with Crippen LogP contribution in [0.25, 0.3) is 0 Å². The van der Waals surface area contributed by atoms with Crippen molar-refractivity contribution in [2.75, 3.05) is 0 Å². The van der Waals surface area contributed by atoms with E-state index >= 15 is 0 Å². The standard InChI is InChI=1S/C10H17NO2/c1-8(2)5-6-10(11,12)9-4-3-7-13-9/h3-4,7-8,12H,5-6,11H2,1-2H3/t10-/m1/s1. The Hall–Kier alpha value is -0.800. The van der Waals surface area contributed by atoms with Crippen molar-refractivity contribution in [3.05, 3.63) is 24.2 Å². The molecule has 3 nitrogen and oxygen atoms in total. The highest BCUT2D eigenvalue weighted by Gasteiger charge is 2.26. The average molecular weight is 183 g/mol. The fraction of sp³-hybridized carbons (Fsp3) is 0.600. The molecule has 3 heteroatoms. The molecular weight excluding hydrogens is 166 g/mol. The van der Waals surface area contributed by atoms with Crippen molar-refractivity contribution < 1.29 is 9.52 Å². The van der Waals surface area contributed by atoms with Gasteiger partial charge in [0.15, 0.2) is 5.72 Å². The molecular formula is C10H17NO2. The van der Waals surface area contributed by atoms with Gasteiger partial charge < -0.3 is 9.52 Å². The lowest BCUT2D eigenvalue weighted by Crippen LogP contribution is -2.36. The maximum atomic E-state index is 9.81. The van der Waals surface area contributed by atoms with Gasteiger partial charge in [0.2, 0.25) is 0 Å². The zero-order valence-electron chi connectivity index (χ0n) is 8.16. The summed E-state index contributed by atoms with van der Waals surface area (Å²) in [7, 11) is 0. The summed E-state index contributed by atoms with van der Waals surface area (Å²) in [6.07, 6.45) is 2.93. The summed E-state index contributed by atoms with van der Waals surface area (Å²) in [6.45, 7) is 4.19. The first kappa shape index (κ1) is 10.3. The summed E-state index contributed by atoms with van der Waals surface area (Å²) in [4.78, 5) is 0. The van der Waals surface area contributed by atoms with Gasteiger partial charge in [-0.1, -0.05) is 13.8 Å². The van der Waals surface area contributed by atoms with E-state index in [1.165, 1.54) is 6.26 Å². The topological polar surface area (TPSA) is 59.4 Å². The van der Waals surface area contributed by atoms with Gasteiger partial charge in [-0.2, -0.15) is 0 Å². The second-order valence-electron chi connectivity index (χ2n) is 3.83. The Morgan fingerprint density at radius 3 is 2.77 bits per heavy atom. The van der Waals surface area contributed by atoms with Gasteiger partial charge in [0.1, 0.15) is 5.76 Å². The Kier molecular flexibility index (Phi) is 3.12. The number of furan rings is 1. The smallest absolute Gasteiger partial charge is 0.172 e. The van der Waals surface area contributed by atoms with Gasteiger partial charge in [-0.15, -0.1) is 0 Å². The average Bonchev–Trinajstić information content (AvgIpc) is 2.53. The van der Waals surface area contributed by atoms with Gasteiger partial charge >= 0.3 is 0 Å². The molecule has 0 aliphatic rings. The van der Waals surface area contributed by atoms with Crippen LogP contribution in [0.4, 0.5) is 0 Å². The molecule has 0 saturated carbocycles. The lowest BCUT2D eigenvalue weighted by molar-refractivity contribution is 0.00756. The van der Waals surface area contributed by atoms with Gasteiger partial charge in [-0.05, 0) is 30.9 Å². The molecule has 0 spiro atoms. The van der Waals surface area contributed by atoms with E-state index in [2.05, 4.69) is 13.8 Å². The second-order valence-corrected chi connectivity index (χ2v) is 3.83. The van der Waals surface area contributed by atoms with E-state index in [9.17, 15) is 5.11 Å². The lowest BCUT2D eigenvalue weighted by Gasteiger charge is -2.21. The molecule has 0 aliphatic carbocycles. The van der Waals surface area contributed by atoms with Crippen LogP contribution in [0.5, 0.6) is 0 Å². The van der Waals surface area contributed by atoms with Gasteiger partial charge in [0.05, 0.1) is 6.26 Å². The van der Waals surface area contributed by atoms with Crippen molar-refractivity contribution in [1.82, 2.24) is 0 Å². The Morgan fingerprint density at radius 1 is 1.62 bits per heavy atom. The van der Waals surface area contributed by atoms with Crippen molar-refractivity contribution in [3.63, 3.8) is 0 Å². The molecule has 0 amide bonds. The maximum absolute atomic E-state index is 9.81. The zero-order chi connectivity index (χ0) is 9.90. The number of rotatable bonds is 4. The van der Waals surface area contributed by atoms with Crippen LogP contribution < -0.4 is 5.73 Å². The number of nitrogens with two attached hydrogens (primary N) is 1. The predicted octanol–water partition coefficient (Wildman–Crippen LogP) is 1.82. The Labute approximate surface area is 78.5 Å². The van der Waals surface area contributed by atoms with Crippen LogP contribution >= 0.6 is 0 Å². The van der Waals surface area contributed by atoms with Crippen LogP contribution in [-0.4, -0.2) is 5.11 Å². The molecule has 3 N–H and O–H groups in total. The molecule has 1 aromatic heterocycles. The Balaban J connectivity index is 2.56. The SMILES string of the molecule is CC(C)CC[C@@](N)(O)c1ccco1. The van der Waals surface area contributed by atoms with Crippen LogP contribution in [0.1, 0.15) is 32.4 Å². The molecule has 0 unspecified atom stereocenters. The van der Waals surface area contributed by atoms with E-state index in [0.29, 0.717) is 18.1 Å². The lowest BCUT2D eigenvalue weighted by atomic mass is 9.99. The van der Waals surface area contributed by atoms with Gasteiger partial charge in [-0.25, -0.2) is 0 Å². The molecule has 0 aliphatic heterocycles. The highest BCUT2D eigenvalue weighted by atomic mass is 16.4. The minimum absolute atomic E-state index is 0.438. The van der Waals surface area contributed by atoms with Crippen LogP contribution in [0.3, 0.4) is 0 Å². The summed E-state index contributed by atoms with van der Waals surface area (Å²) in [5, 5.41) is 9.81. The van der Waals surface area contributed by atoms with Crippen LogP contribution in [0.2, 0.25) is 0 Å². The zero-order valence-corrected chi connectivity index (χ0v) is 8.16.